The number of carbonyl (C=O) groups excluding carboxylic acids is 2. The van der Waals surface area contributed by atoms with Gasteiger partial charge in [0.25, 0.3) is 11.8 Å². The fourth-order valence-electron chi connectivity index (χ4n) is 4.68. The number of hydrogen-bond donors (Lipinski definition) is 1. The van der Waals surface area contributed by atoms with Crippen molar-refractivity contribution < 1.29 is 19.5 Å². The molecule has 1 N–H and O–H groups in total. The predicted molar refractivity (Wildman–Crippen MR) is 157 cm³/mol. The predicted octanol–water partition coefficient (Wildman–Crippen LogP) is 6.09. The van der Waals surface area contributed by atoms with Gasteiger partial charge < -0.3 is 14.9 Å². The van der Waals surface area contributed by atoms with Crippen molar-refractivity contribution in [3.63, 3.8) is 0 Å². The maximum atomic E-state index is 13.9. The highest BCUT2D eigenvalue weighted by atomic mass is 16.4. The van der Waals surface area contributed by atoms with Crippen LogP contribution in [0.4, 0.5) is 0 Å². The van der Waals surface area contributed by atoms with Crippen LogP contribution < -0.4 is 0 Å². The summed E-state index contributed by atoms with van der Waals surface area (Å²) in [6, 6.07) is 32.4. The lowest BCUT2D eigenvalue weighted by Crippen LogP contribution is -2.35. The van der Waals surface area contributed by atoms with E-state index in [-0.39, 0.29) is 24.8 Å². The van der Waals surface area contributed by atoms with Crippen LogP contribution >= 0.6 is 0 Å². The average Bonchev–Trinajstić information content (AvgIpc) is 2.97. The molecule has 0 atom stereocenters. The van der Waals surface area contributed by atoms with Gasteiger partial charge in [-0.1, -0.05) is 96.6 Å². The number of carboxylic acid groups (broad SMARTS) is 1. The average molecular weight is 535 g/mol. The first kappa shape index (κ1) is 28.3. The van der Waals surface area contributed by atoms with Crippen LogP contribution in [0.1, 0.15) is 43.8 Å². The van der Waals surface area contributed by atoms with Gasteiger partial charge in [0.05, 0.1) is 6.42 Å². The van der Waals surface area contributed by atoms with Gasteiger partial charge in [-0.15, -0.1) is 0 Å². The number of aryl methyl sites for hydroxylation is 1. The second-order valence-corrected chi connectivity index (χ2v) is 9.91. The number of nitrogens with zero attached hydrogens (tertiary/aromatic N) is 2. The number of carbonyl (C=O) groups is 3. The number of aliphatic carboxylic acids is 1. The molecule has 4 rings (SSSR count). The quantitative estimate of drug-likeness (QED) is 0.252. The zero-order valence-corrected chi connectivity index (χ0v) is 22.9. The van der Waals surface area contributed by atoms with Crippen molar-refractivity contribution in [2.45, 2.75) is 26.3 Å². The van der Waals surface area contributed by atoms with Gasteiger partial charge in [-0.25, -0.2) is 0 Å². The number of benzene rings is 4. The van der Waals surface area contributed by atoms with E-state index in [2.05, 4.69) is 0 Å². The van der Waals surface area contributed by atoms with E-state index in [1.165, 1.54) is 0 Å². The Bertz CT molecular complexity index is 1470. The van der Waals surface area contributed by atoms with Gasteiger partial charge in [0.15, 0.2) is 0 Å². The molecule has 6 nitrogen and oxygen atoms in total. The topological polar surface area (TPSA) is 77.9 Å². The fourth-order valence-corrected chi connectivity index (χ4v) is 4.68. The number of carboxylic acids is 1. The lowest BCUT2D eigenvalue weighted by Gasteiger charge is -2.24. The van der Waals surface area contributed by atoms with E-state index in [0.717, 1.165) is 16.7 Å². The summed E-state index contributed by atoms with van der Waals surface area (Å²) in [6.07, 6.45) is 0.453. The van der Waals surface area contributed by atoms with Gasteiger partial charge in [-0.05, 0) is 47.7 Å². The molecule has 4 aromatic carbocycles. The van der Waals surface area contributed by atoms with E-state index < -0.39 is 5.97 Å². The first-order valence-electron chi connectivity index (χ1n) is 13.4. The van der Waals surface area contributed by atoms with Crippen LogP contribution in [-0.4, -0.2) is 52.8 Å². The molecule has 0 bridgehead atoms. The molecule has 0 aliphatic rings. The number of rotatable bonds is 11. The van der Waals surface area contributed by atoms with Crippen molar-refractivity contribution in [3.05, 3.63) is 131 Å². The van der Waals surface area contributed by atoms with E-state index in [1.54, 1.807) is 35.0 Å². The maximum Gasteiger partial charge on any atom is 0.305 e. The monoisotopic (exact) mass is 534 g/mol. The summed E-state index contributed by atoms with van der Waals surface area (Å²) >= 11 is 0. The summed E-state index contributed by atoms with van der Waals surface area (Å²) in [5, 5.41) is 9.34. The minimum Gasteiger partial charge on any atom is -0.481 e. The van der Waals surface area contributed by atoms with Crippen molar-refractivity contribution in [2.75, 3.05) is 20.1 Å². The molecule has 0 heterocycles. The summed E-state index contributed by atoms with van der Waals surface area (Å²) in [5.41, 5.74) is 5.48. The second-order valence-electron chi connectivity index (χ2n) is 9.91. The van der Waals surface area contributed by atoms with Crippen LogP contribution in [0.5, 0.6) is 0 Å². The molecular weight excluding hydrogens is 500 g/mol. The van der Waals surface area contributed by atoms with Gasteiger partial charge in [0, 0.05) is 37.8 Å². The highest BCUT2D eigenvalue weighted by Crippen LogP contribution is 2.29. The molecule has 204 valence electrons. The third-order valence-electron chi connectivity index (χ3n) is 6.89. The summed E-state index contributed by atoms with van der Waals surface area (Å²) in [4.78, 5) is 42.2. The van der Waals surface area contributed by atoms with Gasteiger partial charge in [-0.2, -0.15) is 0 Å². The molecule has 0 radical (unpaired) electrons. The fraction of sp³-hybridized carbons (Fsp3) is 0.206. The van der Waals surface area contributed by atoms with Crippen molar-refractivity contribution in [1.29, 1.82) is 0 Å². The van der Waals surface area contributed by atoms with Gasteiger partial charge in [-0.3, -0.25) is 14.4 Å². The van der Waals surface area contributed by atoms with Crippen LogP contribution in [0.3, 0.4) is 0 Å². The molecule has 6 heteroatoms. The van der Waals surface area contributed by atoms with Crippen LogP contribution in [-0.2, 0) is 17.8 Å². The van der Waals surface area contributed by atoms with Crippen molar-refractivity contribution in [2.24, 2.45) is 0 Å². The molecule has 2 amide bonds. The van der Waals surface area contributed by atoms with Crippen LogP contribution in [0, 0.1) is 6.92 Å². The van der Waals surface area contributed by atoms with E-state index >= 15 is 0 Å². The lowest BCUT2D eigenvalue weighted by atomic mass is 9.94. The lowest BCUT2D eigenvalue weighted by molar-refractivity contribution is -0.137. The minimum atomic E-state index is -0.959. The SMILES string of the molecule is Cc1ccc(CCN(CCC(=O)O)C(=O)c2ccccc2-c2ccccc2C(=O)N(C)Cc2ccccc2)cc1. The second kappa shape index (κ2) is 13.4. The zero-order valence-electron chi connectivity index (χ0n) is 22.9. The maximum absolute atomic E-state index is 13.9. The van der Waals surface area contributed by atoms with Gasteiger partial charge in [0.2, 0.25) is 0 Å². The molecule has 0 aliphatic heterocycles. The Morgan fingerprint density at radius 3 is 1.80 bits per heavy atom. The molecule has 0 spiro atoms. The van der Waals surface area contributed by atoms with E-state index in [4.69, 9.17) is 0 Å². The standard InChI is InChI=1S/C34H34N2O4/c1-25-16-18-26(19-17-25)20-22-36(23-21-32(37)38)34(40)31-15-9-7-13-29(31)28-12-6-8-14-30(28)33(39)35(2)24-27-10-4-3-5-11-27/h3-19H,20-24H2,1-2H3,(H,37,38). The third kappa shape index (κ3) is 7.23. The van der Waals surface area contributed by atoms with Crippen LogP contribution in [0.2, 0.25) is 0 Å². The largest absolute Gasteiger partial charge is 0.481 e. The molecular formula is C34H34N2O4. The Labute approximate surface area is 235 Å². The molecule has 0 unspecified atom stereocenters. The number of amides is 2. The Balaban J connectivity index is 1.63. The Hall–Kier alpha value is -4.71. The van der Waals surface area contributed by atoms with Crippen molar-refractivity contribution in [3.8, 4) is 11.1 Å². The first-order chi connectivity index (χ1) is 19.3. The van der Waals surface area contributed by atoms with Crippen molar-refractivity contribution in [1.82, 2.24) is 9.80 Å². The summed E-state index contributed by atoms with van der Waals surface area (Å²) < 4.78 is 0. The molecule has 40 heavy (non-hydrogen) atoms. The summed E-state index contributed by atoms with van der Waals surface area (Å²) in [6.45, 7) is 2.95. The Morgan fingerprint density at radius 2 is 1.20 bits per heavy atom. The van der Waals surface area contributed by atoms with E-state index in [1.807, 2.05) is 91.9 Å². The molecule has 0 aliphatic carbocycles. The molecule has 0 fully saturated rings. The zero-order chi connectivity index (χ0) is 28.5. The number of hydrogen-bond acceptors (Lipinski definition) is 3. The van der Waals surface area contributed by atoms with E-state index in [0.29, 0.717) is 41.8 Å². The Kier molecular flexibility index (Phi) is 9.47. The Morgan fingerprint density at radius 1 is 0.650 bits per heavy atom. The van der Waals surface area contributed by atoms with Crippen molar-refractivity contribution >= 4 is 17.8 Å². The van der Waals surface area contributed by atoms with Gasteiger partial charge in [0.1, 0.15) is 0 Å². The molecule has 4 aromatic rings. The summed E-state index contributed by atoms with van der Waals surface area (Å²) in [7, 11) is 1.77. The van der Waals surface area contributed by atoms with E-state index in [9.17, 15) is 19.5 Å². The molecule has 0 aromatic heterocycles. The molecule has 0 saturated heterocycles. The first-order valence-corrected chi connectivity index (χ1v) is 13.4. The minimum absolute atomic E-state index is 0.0920. The highest BCUT2D eigenvalue weighted by molar-refractivity contribution is 6.06. The molecule has 0 saturated carbocycles. The summed E-state index contributed by atoms with van der Waals surface area (Å²) in [5.74, 6) is -1.37. The smallest absolute Gasteiger partial charge is 0.305 e. The normalized spacial score (nSPS) is 10.7. The van der Waals surface area contributed by atoms with Crippen LogP contribution in [0.15, 0.2) is 103 Å². The van der Waals surface area contributed by atoms with Crippen LogP contribution in [0.25, 0.3) is 11.1 Å². The van der Waals surface area contributed by atoms with Gasteiger partial charge >= 0.3 is 5.97 Å². The third-order valence-corrected chi connectivity index (χ3v) is 6.89. The highest BCUT2D eigenvalue weighted by Gasteiger charge is 2.23.